The lowest BCUT2D eigenvalue weighted by molar-refractivity contribution is -0.143. The molecule has 0 aromatic rings. The fraction of sp³-hybridized carbons (Fsp3) is 0.947. The molecular weight excluding hydrogens is 1010 g/mol. The molecule has 1 amide bonds. The molecule has 0 saturated carbocycles. The van der Waals surface area contributed by atoms with Crippen molar-refractivity contribution in [1.29, 1.82) is 0 Å². The lowest BCUT2D eigenvalue weighted by atomic mass is 10.0. The number of aliphatic hydroxyl groups excluding tert-OH is 2. The third-order valence-electron chi connectivity index (χ3n) is 18.1. The first-order valence-electron chi connectivity index (χ1n) is 37.9. The number of esters is 1. The second-order valence-corrected chi connectivity index (χ2v) is 26.3. The molecule has 0 aromatic carbocycles. The van der Waals surface area contributed by atoms with Gasteiger partial charge >= 0.3 is 5.97 Å². The van der Waals surface area contributed by atoms with Crippen LogP contribution in [0.2, 0.25) is 0 Å². The highest BCUT2D eigenvalue weighted by molar-refractivity contribution is 5.76. The molecule has 6 nitrogen and oxygen atoms in total. The summed E-state index contributed by atoms with van der Waals surface area (Å²) in [7, 11) is 0. The van der Waals surface area contributed by atoms with Gasteiger partial charge in [-0.15, -0.1) is 0 Å². The number of unbranched alkanes of at least 4 members (excludes halogenated alkanes) is 59. The van der Waals surface area contributed by atoms with E-state index in [4.69, 9.17) is 4.74 Å². The fourth-order valence-electron chi connectivity index (χ4n) is 12.3. The van der Waals surface area contributed by atoms with Crippen LogP contribution >= 0.6 is 0 Å². The smallest absolute Gasteiger partial charge is 0.305 e. The van der Waals surface area contributed by atoms with Crippen LogP contribution in [0.4, 0.5) is 0 Å². The molecule has 488 valence electrons. The number of allylic oxidation sites excluding steroid dienone is 2. The maximum absolute atomic E-state index is 12.5. The van der Waals surface area contributed by atoms with Gasteiger partial charge in [-0.25, -0.2) is 0 Å². The maximum Gasteiger partial charge on any atom is 0.305 e. The van der Waals surface area contributed by atoms with E-state index in [-0.39, 0.29) is 18.5 Å². The molecule has 6 heteroatoms. The first kappa shape index (κ1) is 80.6. The van der Waals surface area contributed by atoms with E-state index in [1.165, 1.54) is 366 Å². The van der Waals surface area contributed by atoms with Crippen LogP contribution in [0.3, 0.4) is 0 Å². The first-order valence-corrected chi connectivity index (χ1v) is 37.9. The molecule has 0 aliphatic heterocycles. The summed E-state index contributed by atoms with van der Waals surface area (Å²) in [5, 5.41) is 23.3. The van der Waals surface area contributed by atoms with Crippen molar-refractivity contribution in [2.45, 2.75) is 450 Å². The van der Waals surface area contributed by atoms with E-state index in [1.807, 2.05) is 0 Å². The van der Waals surface area contributed by atoms with Gasteiger partial charge in [0, 0.05) is 12.8 Å². The first-order chi connectivity index (χ1) is 40.5. The summed E-state index contributed by atoms with van der Waals surface area (Å²) >= 11 is 0. The molecule has 0 rings (SSSR count). The van der Waals surface area contributed by atoms with Gasteiger partial charge in [0.05, 0.1) is 25.4 Å². The highest BCUT2D eigenvalue weighted by atomic mass is 16.5. The van der Waals surface area contributed by atoms with Crippen molar-refractivity contribution >= 4 is 11.9 Å². The average Bonchev–Trinajstić information content (AvgIpc) is 3.48. The van der Waals surface area contributed by atoms with Crippen LogP contribution in [0.25, 0.3) is 0 Å². The van der Waals surface area contributed by atoms with Crippen molar-refractivity contribution in [3.63, 3.8) is 0 Å². The Morgan fingerprint density at radius 2 is 0.573 bits per heavy atom. The molecule has 0 heterocycles. The molecule has 0 radical (unpaired) electrons. The monoisotopic (exact) mass is 1160 g/mol. The number of ether oxygens (including phenoxy) is 1. The number of hydrogen-bond donors (Lipinski definition) is 3. The van der Waals surface area contributed by atoms with Gasteiger partial charge in [-0.05, 0) is 51.4 Å². The van der Waals surface area contributed by atoms with Gasteiger partial charge in [0.15, 0.2) is 0 Å². The van der Waals surface area contributed by atoms with Crippen molar-refractivity contribution in [2.24, 2.45) is 0 Å². The van der Waals surface area contributed by atoms with E-state index in [0.29, 0.717) is 25.9 Å². The molecule has 0 fully saturated rings. The number of nitrogens with one attached hydrogen (secondary N) is 1. The van der Waals surface area contributed by atoms with Crippen molar-refractivity contribution in [3.05, 3.63) is 12.2 Å². The van der Waals surface area contributed by atoms with E-state index in [0.717, 1.165) is 38.5 Å². The highest BCUT2D eigenvalue weighted by Gasteiger charge is 2.20. The van der Waals surface area contributed by atoms with E-state index >= 15 is 0 Å². The summed E-state index contributed by atoms with van der Waals surface area (Å²) in [6.45, 7) is 4.99. The molecule has 2 unspecified atom stereocenters. The van der Waals surface area contributed by atoms with E-state index in [9.17, 15) is 19.8 Å². The van der Waals surface area contributed by atoms with Crippen LogP contribution in [0.5, 0.6) is 0 Å². The van der Waals surface area contributed by atoms with Gasteiger partial charge in [-0.2, -0.15) is 0 Å². The van der Waals surface area contributed by atoms with Gasteiger partial charge in [0.2, 0.25) is 5.91 Å². The number of rotatable bonds is 72. The third kappa shape index (κ3) is 67.7. The standard InChI is InChI=1S/C76H149NO5/c1-3-5-7-9-11-13-15-17-18-19-40-43-46-50-54-58-62-66-70-76(81)82-71-67-63-59-55-51-47-44-41-38-36-34-32-30-28-26-24-22-20-21-23-25-27-29-31-33-35-37-39-42-45-49-53-57-61-65-69-75(80)77-73(72-78)74(79)68-64-60-56-52-48-16-14-12-10-8-6-4-2/h18-19,73-74,78-79H,3-17,20-72H2,1-2H3,(H,77,80)/b19-18-. The van der Waals surface area contributed by atoms with Crippen LogP contribution in [0.1, 0.15) is 438 Å². The molecule has 3 N–H and O–H groups in total. The molecular formula is C76H149NO5. The number of carbonyl (C=O) groups excluding carboxylic acids is 2. The zero-order valence-electron chi connectivity index (χ0n) is 56.0. The number of amides is 1. The van der Waals surface area contributed by atoms with Gasteiger partial charge in [0.1, 0.15) is 0 Å². The van der Waals surface area contributed by atoms with Gasteiger partial charge in [-0.1, -0.05) is 386 Å². The Morgan fingerprint density at radius 1 is 0.329 bits per heavy atom. The SMILES string of the molecule is CCCCCCCCC/C=C\CCCCCCCCCC(=O)OCCCCCCCCCCCCCCCCCCCCCCCCCCCCCCCCCCCCCC(=O)NC(CO)C(O)CCCCCCCCCCCCCC. The number of aliphatic hydroxyl groups is 2. The minimum absolute atomic E-state index is 0.0207. The zero-order chi connectivity index (χ0) is 59.2. The Morgan fingerprint density at radius 3 is 0.866 bits per heavy atom. The molecule has 2 atom stereocenters. The summed E-state index contributed by atoms with van der Waals surface area (Å²) in [6, 6.07) is -0.535. The quantitative estimate of drug-likeness (QED) is 0.0320. The summed E-state index contributed by atoms with van der Waals surface area (Å²) in [5.74, 6) is -0.00673. The molecule has 82 heavy (non-hydrogen) atoms. The van der Waals surface area contributed by atoms with Crippen molar-refractivity contribution < 1.29 is 24.5 Å². The van der Waals surface area contributed by atoms with Crippen LogP contribution in [-0.4, -0.2) is 47.4 Å². The maximum atomic E-state index is 12.5. The second kappa shape index (κ2) is 72.1. The molecule has 0 aromatic heterocycles. The Labute approximate surface area is 514 Å². The van der Waals surface area contributed by atoms with Gasteiger partial charge in [0.25, 0.3) is 0 Å². The van der Waals surface area contributed by atoms with Gasteiger partial charge in [-0.3, -0.25) is 9.59 Å². The van der Waals surface area contributed by atoms with Crippen molar-refractivity contribution in [2.75, 3.05) is 13.2 Å². The second-order valence-electron chi connectivity index (χ2n) is 26.3. The average molecular weight is 1160 g/mol. The molecule has 0 saturated heterocycles. The number of carbonyl (C=O) groups is 2. The Hall–Kier alpha value is -1.40. The van der Waals surface area contributed by atoms with Crippen molar-refractivity contribution in [3.8, 4) is 0 Å². The Kier molecular flexibility index (Phi) is 70.8. The molecule has 0 aliphatic rings. The fourth-order valence-corrected chi connectivity index (χ4v) is 12.3. The van der Waals surface area contributed by atoms with Gasteiger partial charge < -0.3 is 20.3 Å². The highest BCUT2D eigenvalue weighted by Crippen LogP contribution is 2.20. The Balaban J connectivity index is 3.28. The van der Waals surface area contributed by atoms with Crippen LogP contribution in [0.15, 0.2) is 12.2 Å². The summed E-state index contributed by atoms with van der Waals surface area (Å²) < 4.78 is 5.51. The summed E-state index contributed by atoms with van der Waals surface area (Å²) in [5.41, 5.74) is 0. The predicted molar refractivity (Wildman–Crippen MR) is 361 cm³/mol. The Bertz CT molecular complexity index is 1240. The van der Waals surface area contributed by atoms with Crippen LogP contribution < -0.4 is 5.32 Å². The van der Waals surface area contributed by atoms with E-state index in [1.54, 1.807) is 0 Å². The number of hydrogen-bond acceptors (Lipinski definition) is 5. The zero-order valence-corrected chi connectivity index (χ0v) is 56.0. The normalized spacial score (nSPS) is 12.5. The lowest BCUT2D eigenvalue weighted by Crippen LogP contribution is -2.45. The molecule has 0 spiro atoms. The summed E-state index contributed by atoms with van der Waals surface area (Å²) in [4.78, 5) is 24.6. The lowest BCUT2D eigenvalue weighted by Gasteiger charge is -2.22. The minimum Gasteiger partial charge on any atom is -0.466 e. The van der Waals surface area contributed by atoms with Crippen LogP contribution in [-0.2, 0) is 14.3 Å². The minimum atomic E-state index is -0.658. The van der Waals surface area contributed by atoms with Crippen LogP contribution in [0, 0.1) is 0 Å². The molecule has 0 bridgehead atoms. The third-order valence-corrected chi connectivity index (χ3v) is 18.1. The van der Waals surface area contributed by atoms with E-state index in [2.05, 4.69) is 31.3 Å². The molecule has 0 aliphatic carbocycles. The van der Waals surface area contributed by atoms with E-state index < -0.39 is 12.1 Å². The summed E-state index contributed by atoms with van der Waals surface area (Å²) in [6.07, 6.45) is 90.2. The predicted octanol–water partition coefficient (Wildman–Crippen LogP) is 24.7. The topological polar surface area (TPSA) is 95.9 Å². The van der Waals surface area contributed by atoms with Crippen molar-refractivity contribution in [1.82, 2.24) is 5.32 Å². The largest absolute Gasteiger partial charge is 0.466 e.